The average molecular weight is 483 g/mol. The number of benzene rings is 3. The maximum atomic E-state index is 12.5. The highest BCUT2D eigenvalue weighted by Crippen LogP contribution is 2.19. The molecule has 0 bridgehead atoms. The number of hydrogen-bond donors (Lipinski definition) is 2. The van der Waals surface area contributed by atoms with Crippen LogP contribution in [-0.2, 0) is 9.53 Å². The van der Waals surface area contributed by atoms with Crippen LogP contribution < -0.4 is 20.1 Å². The number of halogens is 1. The van der Waals surface area contributed by atoms with Gasteiger partial charge in [0.25, 0.3) is 11.8 Å². The van der Waals surface area contributed by atoms with Gasteiger partial charge in [0.1, 0.15) is 11.5 Å². The first-order valence-corrected chi connectivity index (χ1v) is 10.8. The molecule has 9 heteroatoms. The normalized spacial score (nSPS) is 11.1. The van der Waals surface area contributed by atoms with E-state index in [1.807, 2.05) is 0 Å². The van der Waals surface area contributed by atoms with Crippen LogP contribution in [0.1, 0.15) is 24.2 Å². The van der Waals surface area contributed by atoms with Gasteiger partial charge in [0.2, 0.25) is 0 Å². The fourth-order valence-corrected chi connectivity index (χ4v) is 2.90. The molecule has 34 heavy (non-hydrogen) atoms. The number of hydrogen-bond acceptors (Lipinski definition) is 6. The second-order valence-electron chi connectivity index (χ2n) is 7.04. The summed E-state index contributed by atoms with van der Waals surface area (Å²) in [5.41, 5.74) is 1.47. The maximum absolute atomic E-state index is 12.5. The van der Waals surface area contributed by atoms with E-state index in [4.69, 9.17) is 25.8 Å². The minimum Gasteiger partial charge on any atom is -0.481 e. The standard InChI is InChI=1S/C25H23ClN2O6/c1-3-32-25(31)34-22-12-4-17(5-13-22)24(30)28-20-10-8-19(9-11-20)27-23(29)16(2)33-21-14-6-18(26)7-15-21/h4-16H,3H2,1-2H3,(H,27,29)(H,28,30). The molecule has 0 aliphatic heterocycles. The van der Waals surface area contributed by atoms with Crippen LogP contribution in [0.4, 0.5) is 16.2 Å². The topological polar surface area (TPSA) is 103 Å². The van der Waals surface area contributed by atoms with Crippen molar-refractivity contribution >= 4 is 40.9 Å². The van der Waals surface area contributed by atoms with E-state index >= 15 is 0 Å². The first-order chi connectivity index (χ1) is 16.3. The summed E-state index contributed by atoms with van der Waals surface area (Å²) in [5.74, 6) is 0.135. The number of rotatable bonds is 8. The second kappa shape index (κ2) is 11.7. The van der Waals surface area contributed by atoms with Crippen molar-refractivity contribution in [2.24, 2.45) is 0 Å². The molecule has 176 valence electrons. The second-order valence-corrected chi connectivity index (χ2v) is 7.48. The predicted octanol–water partition coefficient (Wildman–Crippen LogP) is 5.53. The fourth-order valence-electron chi connectivity index (χ4n) is 2.77. The molecule has 0 aromatic heterocycles. The third-order valence-corrected chi connectivity index (χ3v) is 4.74. The summed E-state index contributed by atoms with van der Waals surface area (Å²) in [7, 11) is 0. The van der Waals surface area contributed by atoms with Crippen LogP contribution in [0.2, 0.25) is 5.02 Å². The van der Waals surface area contributed by atoms with E-state index in [9.17, 15) is 14.4 Å². The highest BCUT2D eigenvalue weighted by molar-refractivity contribution is 6.30. The number of anilines is 2. The molecule has 3 rings (SSSR count). The smallest absolute Gasteiger partial charge is 0.481 e. The van der Waals surface area contributed by atoms with Crippen LogP contribution >= 0.6 is 11.6 Å². The SMILES string of the molecule is CCOC(=O)Oc1ccc(C(=O)Nc2ccc(NC(=O)C(C)Oc3ccc(Cl)cc3)cc2)cc1. The molecule has 0 heterocycles. The Hall–Kier alpha value is -4.04. The number of nitrogens with one attached hydrogen (secondary N) is 2. The van der Waals surface area contributed by atoms with E-state index in [0.717, 1.165) is 0 Å². The van der Waals surface area contributed by atoms with Crippen molar-refractivity contribution in [1.29, 1.82) is 0 Å². The molecule has 0 saturated carbocycles. The van der Waals surface area contributed by atoms with Gasteiger partial charge in [-0.15, -0.1) is 0 Å². The van der Waals surface area contributed by atoms with E-state index in [-0.39, 0.29) is 24.2 Å². The summed E-state index contributed by atoms with van der Waals surface area (Å²) < 4.78 is 15.3. The summed E-state index contributed by atoms with van der Waals surface area (Å²) in [6.45, 7) is 3.52. The molecule has 0 saturated heterocycles. The molecule has 2 amide bonds. The number of carbonyl (C=O) groups excluding carboxylic acids is 3. The van der Waals surface area contributed by atoms with Gasteiger partial charge in [-0.25, -0.2) is 4.79 Å². The molecule has 3 aromatic carbocycles. The van der Waals surface area contributed by atoms with Gasteiger partial charge in [0.15, 0.2) is 6.10 Å². The third-order valence-electron chi connectivity index (χ3n) is 4.49. The van der Waals surface area contributed by atoms with Crippen molar-refractivity contribution < 1.29 is 28.6 Å². The van der Waals surface area contributed by atoms with Gasteiger partial charge in [0.05, 0.1) is 6.61 Å². The molecule has 0 radical (unpaired) electrons. The Morgan fingerprint density at radius 2 is 1.38 bits per heavy atom. The summed E-state index contributed by atoms with van der Waals surface area (Å²) in [5, 5.41) is 6.10. The van der Waals surface area contributed by atoms with Gasteiger partial charge >= 0.3 is 6.16 Å². The van der Waals surface area contributed by atoms with Crippen LogP contribution in [0.5, 0.6) is 11.5 Å². The molecule has 8 nitrogen and oxygen atoms in total. The predicted molar refractivity (Wildman–Crippen MR) is 129 cm³/mol. The van der Waals surface area contributed by atoms with Gasteiger partial charge in [-0.05, 0) is 86.6 Å². The van der Waals surface area contributed by atoms with Crippen molar-refractivity contribution in [1.82, 2.24) is 0 Å². The first kappa shape index (κ1) is 24.6. The Morgan fingerprint density at radius 3 is 1.97 bits per heavy atom. The lowest BCUT2D eigenvalue weighted by Crippen LogP contribution is -2.30. The minimum atomic E-state index is -0.808. The molecular weight excluding hydrogens is 460 g/mol. The average Bonchev–Trinajstić information content (AvgIpc) is 2.82. The highest BCUT2D eigenvalue weighted by atomic mass is 35.5. The van der Waals surface area contributed by atoms with Gasteiger partial charge in [-0.2, -0.15) is 0 Å². The van der Waals surface area contributed by atoms with E-state index < -0.39 is 12.3 Å². The number of ether oxygens (including phenoxy) is 3. The van der Waals surface area contributed by atoms with Gasteiger partial charge in [0, 0.05) is 22.0 Å². The molecule has 0 aliphatic carbocycles. The zero-order valence-electron chi connectivity index (χ0n) is 18.5. The van der Waals surface area contributed by atoms with Crippen LogP contribution in [0.15, 0.2) is 72.8 Å². The monoisotopic (exact) mass is 482 g/mol. The lowest BCUT2D eigenvalue weighted by atomic mass is 10.2. The lowest BCUT2D eigenvalue weighted by molar-refractivity contribution is -0.122. The molecular formula is C25H23ClN2O6. The van der Waals surface area contributed by atoms with Crippen molar-refractivity contribution in [2.75, 3.05) is 17.2 Å². The first-order valence-electron chi connectivity index (χ1n) is 10.4. The van der Waals surface area contributed by atoms with Crippen molar-refractivity contribution in [3.8, 4) is 11.5 Å². The third kappa shape index (κ3) is 7.25. The molecule has 1 unspecified atom stereocenters. The summed E-state index contributed by atoms with van der Waals surface area (Å²) in [4.78, 5) is 36.2. The van der Waals surface area contributed by atoms with Crippen molar-refractivity contribution in [2.45, 2.75) is 20.0 Å². The zero-order chi connectivity index (χ0) is 24.5. The van der Waals surface area contributed by atoms with E-state index in [1.54, 1.807) is 62.4 Å². The summed E-state index contributed by atoms with van der Waals surface area (Å²) in [6, 6.07) is 19.4. The lowest BCUT2D eigenvalue weighted by Gasteiger charge is -2.15. The Labute approximate surface area is 201 Å². The molecule has 1 atom stereocenters. The number of carbonyl (C=O) groups is 3. The van der Waals surface area contributed by atoms with Gasteiger partial charge < -0.3 is 24.8 Å². The summed E-state index contributed by atoms with van der Waals surface area (Å²) in [6.07, 6.45) is -1.53. The summed E-state index contributed by atoms with van der Waals surface area (Å²) >= 11 is 5.85. The van der Waals surface area contributed by atoms with Gasteiger partial charge in [-0.3, -0.25) is 9.59 Å². The maximum Gasteiger partial charge on any atom is 0.513 e. The Kier molecular flexibility index (Phi) is 8.48. The van der Waals surface area contributed by atoms with Crippen LogP contribution in [0.25, 0.3) is 0 Å². The molecule has 0 aliphatic rings. The Bertz CT molecular complexity index is 1130. The molecule has 0 spiro atoms. The van der Waals surface area contributed by atoms with Crippen molar-refractivity contribution in [3.05, 3.63) is 83.4 Å². The molecule has 2 N–H and O–H groups in total. The van der Waals surface area contributed by atoms with Crippen LogP contribution in [-0.4, -0.2) is 30.7 Å². The highest BCUT2D eigenvalue weighted by Gasteiger charge is 2.15. The quantitative estimate of drug-likeness (QED) is 0.323. The van der Waals surface area contributed by atoms with Gasteiger partial charge in [-0.1, -0.05) is 11.6 Å². The van der Waals surface area contributed by atoms with Crippen LogP contribution in [0.3, 0.4) is 0 Å². The Morgan fingerprint density at radius 1 is 0.824 bits per heavy atom. The van der Waals surface area contributed by atoms with E-state index in [0.29, 0.717) is 27.7 Å². The Balaban J connectivity index is 1.51. The minimum absolute atomic E-state index is 0.206. The molecule has 3 aromatic rings. The zero-order valence-corrected chi connectivity index (χ0v) is 19.3. The fraction of sp³-hybridized carbons (Fsp3) is 0.160. The number of amides is 2. The van der Waals surface area contributed by atoms with E-state index in [1.165, 1.54) is 24.3 Å². The largest absolute Gasteiger partial charge is 0.513 e. The van der Waals surface area contributed by atoms with Crippen LogP contribution in [0, 0.1) is 0 Å². The molecule has 0 fully saturated rings. The van der Waals surface area contributed by atoms with E-state index in [2.05, 4.69) is 10.6 Å². The van der Waals surface area contributed by atoms with Crippen molar-refractivity contribution in [3.63, 3.8) is 0 Å².